The van der Waals surface area contributed by atoms with Gasteiger partial charge < -0.3 is 9.47 Å². The van der Waals surface area contributed by atoms with Crippen molar-refractivity contribution in [3.05, 3.63) is 53.6 Å². The topological polar surface area (TPSA) is 63.5 Å². The van der Waals surface area contributed by atoms with Gasteiger partial charge >= 0.3 is 0 Å². The van der Waals surface area contributed by atoms with Gasteiger partial charge in [-0.1, -0.05) is 74.2 Å². The number of carbonyl (C=O) groups excluding carboxylic acids is 1. The Kier molecular flexibility index (Phi) is 6.40. The highest BCUT2D eigenvalue weighted by atomic mass is 32.2. The Morgan fingerprint density at radius 3 is 2.45 bits per heavy atom. The minimum atomic E-state index is -0.286. The minimum absolute atomic E-state index is 0.0637. The fourth-order valence-corrected chi connectivity index (χ4v) is 5.97. The first kappa shape index (κ1) is 22.0. The summed E-state index contributed by atoms with van der Waals surface area (Å²) in [6.45, 7) is 0. The molecule has 0 spiro atoms. The number of thioether (sulfide) groups is 1. The number of hydrogen-bond acceptors (Lipinski definition) is 6. The number of rotatable bonds is 6. The van der Waals surface area contributed by atoms with Gasteiger partial charge in [-0.05, 0) is 24.0 Å². The van der Waals surface area contributed by atoms with Crippen molar-refractivity contribution in [3.63, 3.8) is 0 Å². The maximum absolute atomic E-state index is 13.2. The van der Waals surface area contributed by atoms with Gasteiger partial charge in [0.2, 0.25) is 0 Å². The maximum atomic E-state index is 13.2. The van der Waals surface area contributed by atoms with Crippen molar-refractivity contribution in [1.29, 1.82) is 0 Å². The number of aliphatic imine (C=N–C) groups is 2. The normalized spacial score (nSPS) is 20.1. The van der Waals surface area contributed by atoms with Crippen molar-refractivity contribution in [3.8, 4) is 11.5 Å². The van der Waals surface area contributed by atoms with Crippen LogP contribution in [0.4, 0.5) is 5.69 Å². The molecule has 2 aromatic carbocycles. The zero-order chi connectivity index (χ0) is 22.8. The second-order valence-electron chi connectivity index (χ2n) is 8.79. The van der Waals surface area contributed by atoms with Crippen LogP contribution >= 0.6 is 11.8 Å². The summed E-state index contributed by atoms with van der Waals surface area (Å²) in [4.78, 5) is 24.8. The third-order valence-electron chi connectivity index (χ3n) is 6.70. The van der Waals surface area contributed by atoms with E-state index in [0.29, 0.717) is 23.3 Å². The van der Waals surface area contributed by atoms with Gasteiger partial charge in [0.25, 0.3) is 5.91 Å². The van der Waals surface area contributed by atoms with Crippen LogP contribution in [0, 0.1) is 5.92 Å². The summed E-state index contributed by atoms with van der Waals surface area (Å²) in [5.74, 6) is 3.18. The second-order valence-corrected chi connectivity index (χ2v) is 9.73. The molecule has 1 fully saturated rings. The average molecular weight is 464 g/mol. The van der Waals surface area contributed by atoms with E-state index in [-0.39, 0.29) is 11.9 Å². The van der Waals surface area contributed by atoms with Crippen LogP contribution in [0.15, 0.2) is 52.4 Å². The third kappa shape index (κ3) is 4.38. The molecule has 0 aromatic heterocycles. The molecule has 5 rings (SSSR count). The molecular weight excluding hydrogens is 434 g/mol. The predicted molar refractivity (Wildman–Crippen MR) is 133 cm³/mol. The van der Waals surface area contributed by atoms with E-state index in [2.05, 4.69) is 22.0 Å². The highest BCUT2D eigenvalue weighted by Gasteiger charge is 2.43. The van der Waals surface area contributed by atoms with Crippen LogP contribution in [-0.2, 0) is 10.5 Å². The molecule has 0 saturated heterocycles. The number of fused-ring (bicyclic) bond motifs is 3. The largest absolute Gasteiger partial charge is 0.493 e. The molecule has 172 valence electrons. The molecule has 1 amide bonds. The zero-order valence-electron chi connectivity index (χ0n) is 19.1. The SMILES string of the molecule is COc1cc2c(cc1OC)C1=NC(=O)[C@H](CC3CCCCC3)N1C(SCc1ccccc1)=N2. The number of methoxy groups -OCH3 is 2. The smallest absolute Gasteiger partial charge is 0.270 e. The molecule has 0 unspecified atom stereocenters. The molecule has 7 heteroatoms. The van der Waals surface area contributed by atoms with E-state index in [1.807, 2.05) is 30.3 Å². The van der Waals surface area contributed by atoms with Crippen LogP contribution in [0.3, 0.4) is 0 Å². The van der Waals surface area contributed by atoms with Crippen molar-refractivity contribution in [2.75, 3.05) is 14.2 Å². The van der Waals surface area contributed by atoms with E-state index >= 15 is 0 Å². The van der Waals surface area contributed by atoms with Gasteiger partial charge in [-0.2, -0.15) is 4.99 Å². The summed E-state index contributed by atoms with van der Waals surface area (Å²) in [6, 6.07) is 13.8. The molecule has 0 radical (unpaired) electrons. The van der Waals surface area contributed by atoms with Crippen LogP contribution < -0.4 is 9.47 Å². The molecule has 3 aliphatic rings. The highest BCUT2D eigenvalue weighted by Crippen LogP contribution is 2.42. The van der Waals surface area contributed by atoms with Gasteiger partial charge in [-0.15, -0.1) is 0 Å². The Morgan fingerprint density at radius 1 is 1.00 bits per heavy atom. The number of benzene rings is 2. The molecular formula is C26H29N3O3S. The Balaban J connectivity index is 1.51. The third-order valence-corrected chi connectivity index (χ3v) is 7.72. The molecule has 33 heavy (non-hydrogen) atoms. The van der Waals surface area contributed by atoms with E-state index in [9.17, 15) is 4.79 Å². The van der Waals surface area contributed by atoms with Crippen LogP contribution in [0.2, 0.25) is 0 Å². The molecule has 2 aliphatic heterocycles. The lowest BCUT2D eigenvalue weighted by atomic mass is 9.84. The maximum Gasteiger partial charge on any atom is 0.270 e. The first-order chi connectivity index (χ1) is 16.2. The lowest BCUT2D eigenvalue weighted by Crippen LogP contribution is -2.44. The number of nitrogens with zero attached hydrogens (tertiary/aromatic N) is 3. The van der Waals surface area contributed by atoms with E-state index in [4.69, 9.17) is 14.5 Å². The molecule has 0 N–H and O–H groups in total. The van der Waals surface area contributed by atoms with Crippen LogP contribution in [0.25, 0.3) is 0 Å². The lowest BCUT2D eigenvalue weighted by Gasteiger charge is -2.33. The van der Waals surface area contributed by atoms with Crippen molar-refractivity contribution >= 4 is 34.4 Å². The van der Waals surface area contributed by atoms with E-state index < -0.39 is 0 Å². The van der Waals surface area contributed by atoms with Gasteiger partial charge in [0, 0.05) is 17.4 Å². The predicted octanol–water partition coefficient (Wildman–Crippen LogP) is 5.57. The van der Waals surface area contributed by atoms with E-state index in [1.165, 1.54) is 37.7 Å². The summed E-state index contributed by atoms with van der Waals surface area (Å²) < 4.78 is 11.0. The van der Waals surface area contributed by atoms with Crippen LogP contribution in [0.5, 0.6) is 11.5 Å². The molecule has 0 bridgehead atoms. The number of hydrogen-bond donors (Lipinski definition) is 0. The number of ether oxygens (including phenoxy) is 2. The van der Waals surface area contributed by atoms with E-state index in [1.54, 1.807) is 26.0 Å². The van der Waals surface area contributed by atoms with Gasteiger partial charge in [0.15, 0.2) is 16.7 Å². The minimum Gasteiger partial charge on any atom is -0.493 e. The Hall–Kier alpha value is -2.80. The van der Waals surface area contributed by atoms with Crippen LogP contribution in [0.1, 0.15) is 49.7 Å². The first-order valence-corrected chi connectivity index (χ1v) is 12.6. The molecule has 6 nitrogen and oxygen atoms in total. The number of amides is 1. The molecule has 1 atom stereocenters. The summed E-state index contributed by atoms with van der Waals surface area (Å²) in [5, 5.41) is 0.823. The lowest BCUT2D eigenvalue weighted by molar-refractivity contribution is -0.120. The van der Waals surface area contributed by atoms with Crippen molar-refractivity contribution < 1.29 is 14.3 Å². The van der Waals surface area contributed by atoms with Gasteiger partial charge in [-0.25, -0.2) is 4.99 Å². The summed E-state index contributed by atoms with van der Waals surface area (Å²) in [6.07, 6.45) is 7.02. The summed E-state index contributed by atoms with van der Waals surface area (Å²) >= 11 is 1.65. The fourth-order valence-electron chi connectivity index (χ4n) is 4.97. The van der Waals surface area contributed by atoms with Crippen molar-refractivity contribution in [1.82, 2.24) is 4.90 Å². The summed E-state index contributed by atoms with van der Waals surface area (Å²) in [5.41, 5.74) is 2.79. The second kappa shape index (κ2) is 9.59. The van der Waals surface area contributed by atoms with E-state index in [0.717, 1.165) is 28.6 Å². The zero-order valence-corrected chi connectivity index (χ0v) is 19.9. The standard InChI is InChI=1S/C26H29N3O3S/c1-31-22-14-19-20(15-23(22)32-2)27-26(33-16-18-11-7-4-8-12-18)29-21(25(30)28-24(19)29)13-17-9-5-3-6-10-17/h4,7-8,11-12,14-15,17,21H,3,5-6,9-10,13,16H2,1-2H3/t21-/m0/s1. The quantitative estimate of drug-likeness (QED) is 0.561. The van der Waals surface area contributed by atoms with Crippen LogP contribution in [-0.4, -0.2) is 42.1 Å². The van der Waals surface area contributed by atoms with Gasteiger partial charge in [0.1, 0.15) is 11.9 Å². The Morgan fingerprint density at radius 2 is 1.73 bits per heavy atom. The van der Waals surface area contributed by atoms with Gasteiger partial charge in [-0.3, -0.25) is 9.69 Å². The molecule has 2 aromatic rings. The monoisotopic (exact) mass is 463 g/mol. The highest BCUT2D eigenvalue weighted by molar-refractivity contribution is 8.13. The number of amidine groups is 2. The Bertz CT molecular complexity index is 1090. The van der Waals surface area contributed by atoms with Crippen molar-refractivity contribution in [2.24, 2.45) is 15.9 Å². The molecule has 1 aliphatic carbocycles. The summed E-state index contributed by atoms with van der Waals surface area (Å²) in [7, 11) is 3.23. The van der Waals surface area contributed by atoms with Gasteiger partial charge in [0.05, 0.1) is 19.9 Å². The van der Waals surface area contributed by atoms with Crippen molar-refractivity contribution in [2.45, 2.75) is 50.3 Å². The first-order valence-electron chi connectivity index (χ1n) is 11.6. The average Bonchev–Trinajstić information content (AvgIpc) is 3.19. The number of carbonyl (C=O) groups is 1. The molecule has 1 saturated carbocycles. The fraction of sp³-hybridized carbons (Fsp3) is 0.423. The Labute approximate surface area is 199 Å². The molecule has 2 heterocycles.